The number of hydrogen-bond donors (Lipinski definition) is 1. The van der Waals surface area contributed by atoms with Gasteiger partial charge in [-0.1, -0.05) is 35.9 Å². The van der Waals surface area contributed by atoms with Gasteiger partial charge < -0.3 is 10.1 Å². The molecule has 0 spiro atoms. The molecule has 128 valence electrons. The summed E-state index contributed by atoms with van der Waals surface area (Å²) in [4.78, 5) is 20.7. The van der Waals surface area contributed by atoms with E-state index in [9.17, 15) is 4.79 Å². The van der Waals surface area contributed by atoms with E-state index in [0.29, 0.717) is 17.4 Å². The van der Waals surface area contributed by atoms with Crippen LogP contribution >= 0.6 is 22.9 Å². The van der Waals surface area contributed by atoms with Crippen LogP contribution in [-0.2, 0) is 17.8 Å². The SMILES string of the molecule is COc1ccc(CNC(=O)Cc2csc(-c3ccccc3Cl)n2)cn1. The molecule has 25 heavy (non-hydrogen) atoms. The minimum Gasteiger partial charge on any atom is -0.481 e. The Bertz CT molecular complexity index is 865. The van der Waals surface area contributed by atoms with Crippen molar-refractivity contribution in [3.05, 3.63) is 64.3 Å². The van der Waals surface area contributed by atoms with Crippen LogP contribution < -0.4 is 10.1 Å². The minimum atomic E-state index is -0.0909. The number of ether oxygens (including phenoxy) is 1. The van der Waals surface area contributed by atoms with Crippen LogP contribution in [0.3, 0.4) is 0 Å². The van der Waals surface area contributed by atoms with Crippen LogP contribution in [0.1, 0.15) is 11.3 Å². The van der Waals surface area contributed by atoms with Crippen molar-refractivity contribution in [2.45, 2.75) is 13.0 Å². The van der Waals surface area contributed by atoms with Gasteiger partial charge in [0.25, 0.3) is 0 Å². The highest BCUT2D eigenvalue weighted by atomic mass is 35.5. The second-order valence-electron chi connectivity index (χ2n) is 5.29. The Morgan fingerprint density at radius 2 is 2.12 bits per heavy atom. The van der Waals surface area contributed by atoms with Crippen LogP contribution in [0.2, 0.25) is 5.02 Å². The molecule has 1 N–H and O–H groups in total. The van der Waals surface area contributed by atoms with E-state index < -0.39 is 0 Å². The van der Waals surface area contributed by atoms with Gasteiger partial charge in [0.15, 0.2) is 0 Å². The number of methoxy groups -OCH3 is 1. The summed E-state index contributed by atoms with van der Waals surface area (Å²) in [5.74, 6) is 0.455. The molecule has 0 aliphatic rings. The lowest BCUT2D eigenvalue weighted by Gasteiger charge is -2.05. The minimum absolute atomic E-state index is 0.0909. The summed E-state index contributed by atoms with van der Waals surface area (Å²) in [6.07, 6.45) is 1.90. The van der Waals surface area contributed by atoms with Gasteiger partial charge in [-0.05, 0) is 11.6 Å². The van der Waals surface area contributed by atoms with Gasteiger partial charge in [-0.25, -0.2) is 9.97 Å². The number of carbonyl (C=O) groups is 1. The van der Waals surface area contributed by atoms with E-state index in [1.807, 2.05) is 35.7 Å². The second-order valence-corrected chi connectivity index (χ2v) is 6.55. The van der Waals surface area contributed by atoms with Gasteiger partial charge in [-0.2, -0.15) is 0 Å². The Kier molecular flexibility index (Phi) is 5.63. The zero-order chi connectivity index (χ0) is 17.6. The molecule has 2 heterocycles. The number of nitrogens with one attached hydrogen (secondary N) is 1. The molecular weight excluding hydrogens is 358 g/mol. The fourth-order valence-electron chi connectivity index (χ4n) is 2.21. The van der Waals surface area contributed by atoms with E-state index in [1.54, 1.807) is 19.4 Å². The standard InChI is InChI=1S/C18H16ClN3O2S/c1-24-17-7-6-12(10-21-17)9-20-16(23)8-13-11-25-18(22-13)14-4-2-3-5-15(14)19/h2-7,10-11H,8-9H2,1H3,(H,20,23). The molecule has 7 heteroatoms. The fraction of sp³-hybridized carbons (Fsp3) is 0.167. The van der Waals surface area contributed by atoms with Gasteiger partial charge in [-0.3, -0.25) is 4.79 Å². The summed E-state index contributed by atoms with van der Waals surface area (Å²) in [5.41, 5.74) is 2.51. The van der Waals surface area contributed by atoms with Crippen molar-refractivity contribution in [3.8, 4) is 16.5 Å². The summed E-state index contributed by atoms with van der Waals surface area (Å²) in [5, 5.41) is 6.21. The van der Waals surface area contributed by atoms with E-state index in [0.717, 1.165) is 21.8 Å². The highest BCUT2D eigenvalue weighted by molar-refractivity contribution is 7.13. The van der Waals surface area contributed by atoms with E-state index in [4.69, 9.17) is 16.3 Å². The normalized spacial score (nSPS) is 10.5. The number of thiazole rings is 1. The van der Waals surface area contributed by atoms with Gasteiger partial charge >= 0.3 is 0 Å². The molecule has 0 saturated heterocycles. The lowest BCUT2D eigenvalue weighted by Crippen LogP contribution is -2.24. The fourth-order valence-corrected chi connectivity index (χ4v) is 3.35. The Morgan fingerprint density at radius 1 is 1.28 bits per heavy atom. The molecule has 1 amide bonds. The van der Waals surface area contributed by atoms with Gasteiger partial charge in [0.05, 0.1) is 24.2 Å². The first-order valence-electron chi connectivity index (χ1n) is 7.60. The van der Waals surface area contributed by atoms with Gasteiger partial charge in [0.2, 0.25) is 11.8 Å². The Labute approximate surface area is 154 Å². The molecule has 0 aliphatic heterocycles. The molecule has 0 saturated carbocycles. The molecule has 3 aromatic rings. The molecule has 3 rings (SSSR count). The molecular formula is C18H16ClN3O2S. The average molecular weight is 374 g/mol. The lowest BCUT2D eigenvalue weighted by atomic mass is 10.2. The second kappa shape index (κ2) is 8.09. The topological polar surface area (TPSA) is 64.1 Å². The van der Waals surface area contributed by atoms with Crippen molar-refractivity contribution in [1.29, 1.82) is 0 Å². The Hall–Kier alpha value is -2.44. The molecule has 0 bridgehead atoms. The highest BCUT2D eigenvalue weighted by Gasteiger charge is 2.11. The quantitative estimate of drug-likeness (QED) is 0.715. The van der Waals surface area contributed by atoms with Crippen molar-refractivity contribution in [1.82, 2.24) is 15.3 Å². The molecule has 0 radical (unpaired) electrons. The monoisotopic (exact) mass is 373 g/mol. The zero-order valence-electron chi connectivity index (χ0n) is 13.5. The number of rotatable bonds is 6. The predicted octanol–water partition coefficient (Wildman–Crippen LogP) is 3.73. The van der Waals surface area contributed by atoms with Crippen molar-refractivity contribution >= 4 is 28.8 Å². The summed E-state index contributed by atoms with van der Waals surface area (Å²) in [7, 11) is 1.56. The third-order valence-electron chi connectivity index (χ3n) is 3.49. The van der Waals surface area contributed by atoms with Crippen molar-refractivity contribution in [3.63, 3.8) is 0 Å². The maximum absolute atomic E-state index is 12.1. The summed E-state index contributed by atoms with van der Waals surface area (Å²) in [6.45, 7) is 0.414. The Morgan fingerprint density at radius 3 is 2.84 bits per heavy atom. The number of halogens is 1. The number of hydrogen-bond acceptors (Lipinski definition) is 5. The number of aromatic nitrogens is 2. The third kappa shape index (κ3) is 4.55. The largest absolute Gasteiger partial charge is 0.481 e. The van der Waals surface area contributed by atoms with Crippen LogP contribution in [-0.4, -0.2) is 23.0 Å². The maximum atomic E-state index is 12.1. The number of nitrogens with zero attached hydrogens (tertiary/aromatic N) is 2. The van der Waals surface area contributed by atoms with E-state index in [1.165, 1.54) is 11.3 Å². The van der Waals surface area contributed by atoms with Gasteiger partial charge in [0.1, 0.15) is 5.01 Å². The van der Waals surface area contributed by atoms with Crippen LogP contribution in [0.5, 0.6) is 5.88 Å². The van der Waals surface area contributed by atoms with Gasteiger partial charge in [0, 0.05) is 29.8 Å². The van der Waals surface area contributed by atoms with Crippen LogP contribution in [0.15, 0.2) is 48.0 Å². The van der Waals surface area contributed by atoms with Gasteiger partial charge in [-0.15, -0.1) is 11.3 Å². The summed E-state index contributed by atoms with van der Waals surface area (Å²) >= 11 is 7.66. The molecule has 2 aromatic heterocycles. The molecule has 0 aliphatic carbocycles. The first-order valence-corrected chi connectivity index (χ1v) is 8.86. The van der Waals surface area contributed by atoms with Crippen LogP contribution in [0.25, 0.3) is 10.6 Å². The van der Waals surface area contributed by atoms with Crippen LogP contribution in [0, 0.1) is 0 Å². The first kappa shape index (κ1) is 17.4. The molecule has 0 unspecified atom stereocenters. The number of benzene rings is 1. The van der Waals surface area contributed by atoms with Crippen LogP contribution in [0.4, 0.5) is 0 Å². The summed E-state index contributed by atoms with van der Waals surface area (Å²) in [6, 6.07) is 11.2. The lowest BCUT2D eigenvalue weighted by molar-refractivity contribution is -0.120. The number of carbonyl (C=O) groups excluding carboxylic acids is 1. The average Bonchev–Trinajstić information content (AvgIpc) is 3.09. The maximum Gasteiger partial charge on any atom is 0.226 e. The van der Waals surface area contributed by atoms with E-state index in [-0.39, 0.29) is 12.3 Å². The molecule has 5 nitrogen and oxygen atoms in total. The van der Waals surface area contributed by atoms with Crippen molar-refractivity contribution < 1.29 is 9.53 Å². The first-order chi connectivity index (χ1) is 12.2. The van der Waals surface area contributed by atoms with Crippen molar-refractivity contribution in [2.75, 3.05) is 7.11 Å². The third-order valence-corrected chi connectivity index (χ3v) is 4.75. The number of amides is 1. The summed E-state index contributed by atoms with van der Waals surface area (Å²) < 4.78 is 5.01. The smallest absolute Gasteiger partial charge is 0.226 e. The Balaban J connectivity index is 1.57. The molecule has 1 aromatic carbocycles. The van der Waals surface area contributed by atoms with Crippen molar-refractivity contribution in [2.24, 2.45) is 0 Å². The highest BCUT2D eigenvalue weighted by Crippen LogP contribution is 2.30. The number of pyridine rings is 1. The zero-order valence-corrected chi connectivity index (χ0v) is 15.1. The van der Waals surface area contributed by atoms with E-state index in [2.05, 4.69) is 15.3 Å². The molecule has 0 atom stereocenters. The molecule has 0 fully saturated rings. The predicted molar refractivity (Wildman–Crippen MR) is 98.9 cm³/mol. The van der Waals surface area contributed by atoms with E-state index >= 15 is 0 Å².